The lowest BCUT2D eigenvalue weighted by atomic mass is 9.74. The first-order chi connectivity index (χ1) is 22.6. The second kappa shape index (κ2) is 11.4. The molecule has 3 unspecified atom stereocenters. The maximum absolute atomic E-state index is 14.6. The monoisotopic (exact) mass is 658 g/mol. The molecule has 1 saturated carbocycles. The highest BCUT2D eigenvalue weighted by molar-refractivity contribution is 7.90. The number of benzene rings is 1. The third-order valence-electron chi connectivity index (χ3n) is 11.5. The lowest BCUT2D eigenvalue weighted by Crippen LogP contribution is -2.70. The number of likely N-dealkylation sites (N-methyl/N-ethyl adjacent to an activating group) is 1. The van der Waals surface area contributed by atoms with Gasteiger partial charge in [-0.05, 0) is 79.0 Å². The number of fused-ring (bicyclic) bond motifs is 8. The second-order valence-corrected chi connectivity index (χ2v) is 16.9. The van der Waals surface area contributed by atoms with Gasteiger partial charge in [-0.1, -0.05) is 51.3 Å². The Morgan fingerprint density at radius 3 is 2.53 bits per heavy atom. The van der Waals surface area contributed by atoms with Crippen molar-refractivity contribution >= 4 is 32.7 Å². The van der Waals surface area contributed by atoms with Gasteiger partial charge in [-0.15, -0.1) is 0 Å². The van der Waals surface area contributed by atoms with Crippen LogP contribution in [0.1, 0.15) is 81.9 Å². The molecule has 0 spiro atoms. The van der Waals surface area contributed by atoms with Crippen LogP contribution in [-0.2, 0) is 26.2 Å². The molecule has 3 fully saturated rings. The fourth-order valence-corrected chi connectivity index (χ4v) is 10.9. The zero-order chi connectivity index (χ0) is 32.8. The molecule has 2 saturated heterocycles. The molecular weight excluding hydrogens is 612 g/mol. The summed E-state index contributed by atoms with van der Waals surface area (Å²) in [5.74, 6) is 0.0887. The summed E-state index contributed by atoms with van der Waals surface area (Å²) in [5, 5.41) is 1.04. The Morgan fingerprint density at radius 1 is 1.09 bits per heavy atom. The summed E-state index contributed by atoms with van der Waals surface area (Å²) in [6, 6.07) is 7.03. The van der Waals surface area contributed by atoms with E-state index in [0.717, 1.165) is 71.4 Å². The first-order valence-electron chi connectivity index (χ1n) is 17.5. The summed E-state index contributed by atoms with van der Waals surface area (Å²) in [4.78, 5) is 32.8. The van der Waals surface area contributed by atoms with Crippen molar-refractivity contribution < 1.29 is 22.7 Å². The number of rotatable bonds is 7. The zero-order valence-corrected chi connectivity index (χ0v) is 28.7. The van der Waals surface area contributed by atoms with E-state index in [0.29, 0.717) is 24.5 Å². The SMILES string of the molecule is COc1ccc(C2CCCCC2)c2c1cc1n2CC2=C(C(=O)NS(=O)(=O)CC(C)C)C2=C2C=CC[C@@H](C(=O)N3C4CC3CN(C)C4)C21. The van der Waals surface area contributed by atoms with Crippen LogP contribution in [0.5, 0.6) is 5.75 Å². The number of ether oxygens (including phenoxy) is 1. The van der Waals surface area contributed by atoms with Crippen LogP contribution >= 0.6 is 0 Å². The van der Waals surface area contributed by atoms with Crippen LogP contribution in [0.4, 0.5) is 0 Å². The minimum absolute atomic E-state index is 0.107. The van der Waals surface area contributed by atoms with Crippen LogP contribution in [0.3, 0.4) is 0 Å². The highest BCUT2D eigenvalue weighted by Gasteiger charge is 2.52. The number of carbonyl (C=O) groups excluding carboxylic acids is 2. The molecule has 2 bridgehead atoms. The largest absolute Gasteiger partial charge is 0.496 e. The van der Waals surface area contributed by atoms with Gasteiger partial charge in [0.1, 0.15) is 5.75 Å². The Kier molecular flexibility index (Phi) is 7.48. The number of aromatic nitrogens is 1. The van der Waals surface area contributed by atoms with Crippen molar-refractivity contribution in [1.82, 2.24) is 19.1 Å². The molecule has 9 nitrogen and oxygen atoms in total. The summed E-state index contributed by atoms with van der Waals surface area (Å²) >= 11 is 0. The number of amides is 2. The third-order valence-corrected chi connectivity index (χ3v) is 13.1. The lowest BCUT2D eigenvalue weighted by Gasteiger charge is -2.57. The van der Waals surface area contributed by atoms with E-state index in [1.54, 1.807) is 7.11 Å². The van der Waals surface area contributed by atoms with E-state index in [1.165, 1.54) is 24.8 Å². The fraction of sp³-hybridized carbons (Fsp3) is 0.568. The second-order valence-electron chi connectivity index (χ2n) is 15.1. The van der Waals surface area contributed by atoms with Crippen molar-refractivity contribution in [2.45, 2.75) is 89.3 Å². The van der Waals surface area contributed by atoms with Gasteiger partial charge in [-0.3, -0.25) is 9.59 Å². The first-order valence-corrected chi connectivity index (χ1v) is 19.1. The van der Waals surface area contributed by atoms with Gasteiger partial charge in [-0.25, -0.2) is 13.1 Å². The molecule has 3 aliphatic carbocycles. The number of hydrogen-bond acceptors (Lipinski definition) is 6. The summed E-state index contributed by atoms with van der Waals surface area (Å²) in [5.41, 5.74) is 6.64. The molecule has 3 aliphatic heterocycles. The molecule has 1 aromatic carbocycles. The van der Waals surface area contributed by atoms with E-state index in [4.69, 9.17) is 4.74 Å². The van der Waals surface area contributed by atoms with Gasteiger partial charge >= 0.3 is 0 Å². The number of piperazine rings is 1. The van der Waals surface area contributed by atoms with Gasteiger partial charge in [0, 0.05) is 48.7 Å². The number of nitrogens with one attached hydrogen (secondary N) is 1. The molecule has 8 rings (SSSR count). The minimum Gasteiger partial charge on any atom is -0.496 e. The first kappa shape index (κ1) is 30.9. The lowest BCUT2D eigenvalue weighted by molar-refractivity contribution is -0.158. The minimum atomic E-state index is -3.79. The standard InChI is InChI=1S/C37H46N4O5S/c1-21(2)20-47(44,45)38-36(42)34-29-19-40-30(16-28-31(46-4)14-13-25(35(28)40)22-9-6-5-7-10-22)32-26(33(29)34)11-8-12-27(32)37(43)41-23-15-24(41)18-39(3)17-23/h8,11,13-14,16,21-24,27,32H,5-7,9-10,12,15,17-20H2,1-4H3,(H,38,42)/t23?,24?,27-,32?/m1/s1. The van der Waals surface area contributed by atoms with Crippen molar-refractivity contribution in [2.75, 3.05) is 33.0 Å². The Bertz CT molecular complexity index is 1870. The number of nitrogens with zero attached hydrogens (tertiary/aromatic N) is 3. The number of likely N-dealkylation sites (tertiary alicyclic amines) is 2. The van der Waals surface area contributed by atoms with E-state index in [1.807, 2.05) is 13.8 Å². The van der Waals surface area contributed by atoms with Gasteiger partial charge in [0.2, 0.25) is 15.9 Å². The molecule has 1 N–H and O–H groups in total. The molecular formula is C37H46N4O5S. The zero-order valence-electron chi connectivity index (χ0n) is 27.9. The van der Waals surface area contributed by atoms with Gasteiger partial charge in [0.05, 0.1) is 29.9 Å². The van der Waals surface area contributed by atoms with Crippen LogP contribution < -0.4 is 9.46 Å². The van der Waals surface area contributed by atoms with E-state index in [9.17, 15) is 18.0 Å². The number of piperidine rings is 1. The predicted molar refractivity (Wildman–Crippen MR) is 182 cm³/mol. The van der Waals surface area contributed by atoms with Crippen LogP contribution in [0, 0.1) is 11.8 Å². The molecule has 47 heavy (non-hydrogen) atoms. The van der Waals surface area contributed by atoms with Crippen molar-refractivity contribution in [3.05, 3.63) is 63.9 Å². The van der Waals surface area contributed by atoms with E-state index in [-0.39, 0.29) is 41.5 Å². The Morgan fingerprint density at radius 2 is 1.83 bits per heavy atom. The Labute approximate surface area is 277 Å². The Hall–Kier alpha value is -3.37. The number of methoxy groups -OCH3 is 1. The third kappa shape index (κ3) is 5.09. The smallest absolute Gasteiger partial charge is 0.265 e. The fourth-order valence-electron chi connectivity index (χ4n) is 9.55. The molecule has 4 atom stereocenters. The molecule has 2 aromatic rings. The molecule has 250 valence electrons. The number of allylic oxidation sites excluding steroid dienone is 4. The average Bonchev–Trinajstić information content (AvgIpc) is 3.66. The van der Waals surface area contributed by atoms with E-state index < -0.39 is 15.9 Å². The van der Waals surface area contributed by atoms with Crippen LogP contribution in [0.25, 0.3) is 10.9 Å². The molecule has 1 aromatic heterocycles. The number of carbonyl (C=O) groups is 2. The summed E-state index contributed by atoms with van der Waals surface area (Å²) in [7, 11) is 0.0476. The van der Waals surface area contributed by atoms with Crippen molar-refractivity contribution in [1.29, 1.82) is 0 Å². The van der Waals surface area contributed by atoms with Crippen LogP contribution in [0.2, 0.25) is 0 Å². The predicted octanol–water partition coefficient (Wildman–Crippen LogP) is 4.99. The highest BCUT2D eigenvalue weighted by atomic mass is 32.2. The van der Waals surface area contributed by atoms with Crippen molar-refractivity contribution in [2.24, 2.45) is 11.8 Å². The number of sulfonamides is 1. The molecule has 10 heteroatoms. The molecule has 6 aliphatic rings. The van der Waals surface area contributed by atoms with Crippen molar-refractivity contribution in [3.8, 4) is 5.75 Å². The summed E-state index contributed by atoms with van der Waals surface area (Å²) in [6.45, 7) is 5.90. The maximum Gasteiger partial charge on any atom is 0.265 e. The van der Waals surface area contributed by atoms with Crippen LogP contribution in [0.15, 0.2) is 52.6 Å². The maximum atomic E-state index is 14.6. The molecule has 4 heterocycles. The topological polar surface area (TPSA) is 101 Å². The summed E-state index contributed by atoms with van der Waals surface area (Å²) in [6.07, 6.45) is 11.8. The highest BCUT2D eigenvalue weighted by Crippen LogP contribution is 2.55. The number of hydrogen-bond donors (Lipinski definition) is 1. The quantitative estimate of drug-likeness (QED) is 0.450. The van der Waals surface area contributed by atoms with Gasteiger partial charge < -0.3 is 19.1 Å². The Balaban J connectivity index is 1.28. The normalized spacial score (nSPS) is 27.3. The van der Waals surface area contributed by atoms with E-state index in [2.05, 4.69) is 56.5 Å². The summed E-state index contributed by atoms with van der Waals surface area (Å²) < 4.78 is 36.4. The molecule has 0 radical (unpaired) electrons. The molecule has 2 amide bonds. The van der Waals surface area contributed by atoms with E-state index >= 15 is 0 Å². The van der Waals surface area contributed by atoms with Crippen LogP contribution in [-0.4, -0.2) is 79.7 Å². The van der Waals surface area contributed by atoms with Gasteiger partial charge in [-0.2, -0.15) is 0 Å². The van der Waals surface area contributed by atoms with Gasteiger partial charge in [0.25, 0.3) is 5.91 Å². The average molecular weight is 659 g/mol. The van der Waals surface area contributed by atoms with Crippen molar-refractivity contribution in [3.63, 3.8) is 0 Å². The van der Waals surface area contributed by atoms with Gasteiger partial charge in [0.15, 0.2) is 0 Å².